The van der Waals surface area contributed by atoms with E-state index in [1.54, 1.807) is 4.31 Å². The van der Waals surface area contributed by atoms with E-state index in [1.807, 2.05) is 0 Å². The van der Waals surface area contributed by atoms with Gasteiger partial charge in [-0.15, -0.1) is 0 Å². The van der Waals surface area contributed by atoms with Gasteiger partial charge in [-0.25, -0.2) is 12.7 Å². The second-order valence-corrected chi connectivity index (χ2v) is 10.2. The first-order valence-corrected chi connectivity index (χ1v) is 11.5. The molecule has 1 heterocycles. The zero-order chi connectivity index (χ0) is 18.6. The second kappa shape index (κ2) is 8.69. The molecule has 7 nitrogen and oxygen atoms in total. The summed E-state index contributed by atoms with van der Waals surface area (Å²) in [5.41, 5.74) is 0. The van der Waals surface area contributed by atoms with Crippen molar-refractivity contribution in [3.05, 3.63) is 0 Å². The molecule has 1 aliphatic heterocycles. The molecule has 0 unspecified atom stereocenters. The molecule has 2 N–H and O–H groups in total. The van der Waals surface area contributed by atoms with Gasteiger partial charge in [0.2, 0.25) is 10.0 Å². The Hall–Kier alpha value is -1.15. The van der Waals surface area contributed by atoms with E-state index >= 15 is 0 Å². The summed E-state index contributed by atoms with van der Waals surface area (Å²) in [6.45, 7) is 1.48. The van der Waals surface area contributed by atoms with Crippen molar-refractivity contribution in [3.63, 3.8) is 0 Å². The summed E-state index contributed by atoms with van der Waals surface area (Å²) < 4.78 is 26.1. The molecule has 26 heavy (non-hydrogen) atoms. The van der Waals surface area contributed by atoms with Gasteiger partial charge in [0, 0.05) is 25.7 Å². The van der Waals surface area contributed by atoms with Gasteiger partial charge in [-0.2, -0.15) is 0 Å². The number of sulfonamides is 1. The van der Waals surface area contributed by atoms with Crippen LogP contribution in [0.1, 0.15) is 64.2 Å². The molecule has 2 saturated carbocycles. The molecule has 1 saturated heterocycles. The lowest BCUT2D eigenvalue weighted by Gasteiger charge is -2.31. The number of nitrogens with zero attached hydrogens (tertiary/aromatic N) is 1. The van der Waals surface area contributed by atoms with Gasteiger partial charge >= 0.3 is 11.8 Å². The lowest BCUT2D eigenvalue weighted by atomic mass is 9.98. The number of hydrogen-bond donors (Lipinski definition) is 2. The first-order valence-electron chi connectivity index (χ1n) is 10.0. The van der Waals surface area contributed by atoms with E-state index in [9.17, 15) is 18.0 Å². The lowest BCUT2D eigenvalue weighted by molar-refractivity contribution is -0.139. The molecule has 0 atom stereocenters. The Morgan fingerprint density at radius 3 is 2.04 bits per heavy atom. The van der Waals surface area contributed by atoms with Crippen molar-refractivity contribution in [3.8, 4) is 0 Å². The summed E-state index contributed by atoms with van der Waals surface area (Å²) >= 11 is 0. The van der Waals surface area contributed by atoms with E-state index in [-0.39, 0.29) is 17.2 Å². The van der Waals surface area contributed by atoms with E-state index in [4.69, 9.17) is 0 Å². The Morgan fingerprint density at radius 2 is 1.46 bits per heavy atom. The third-order valence-electron chi connectivity index (χ3n) is 5.83. The Morgan fingerprint density at radius 1 is 0.846 bits per heavy atom. The molecular weight excluding hydrogens is 354 g/mol. The predicted octanol–water partition coefficient (Wildman–Crippen LogP) is 1.15. The minimum Gasteiger partial charge on any atom is -0.348 e. The van der Waals surface area contributed by atoms with Crippen LogP contribution in [0.2, 0.25) is 0 Å². The monoisotopic (exact) mass is 385 g/mol. The molecule has 8 heteroatoms. The van der Waals surface area contributed by atoms with Crippen molar-refractivity contribution in [1.82, 2.24) is 14.9 Å². The SMILES string of the molecule is O=C(NCC1CCN(S(=O)(=O)C2CC2)CC1)C(=O)NC1CCCCCC1. The largest absolute Gasteiger partial charge is 0.348 e. The number of hydrogen-bond acceptors (Lipinski definition) is 4. The zero-order valence-corrected chi connectivity index (χ0v) is 16.2. The first-order chi connectivity index (χ1) is 12.5. The third kappa shape index (κ3) is 5.19. The van der Waals surface area contributed by atoms with E-state index < -0.39 is 21.8 Å². The van der Waals surface area contributed by atoms with E-state index in [1.165, 1.54) is 12.8 Å². The van der Waals surface area contributed by atoms with Crippen molar-refractivity contribution < 1.29 is 18.0 Å². The number of carbonyl (C=O) groups excluding carboxylic acids is 2. The van der Waals surface area contributed by atoms with Gasteiger partial charge in [-0.05, 0) is 44.4 Å². The van der Waals surface area contributed by atoms with Crippen LogP contribution in [0.15, 0.2) is 0 Å². The maximum absolute atomic E-state index is 12.2. The maximum atomic E-state index is 12.2. The highest BCUT2D eigenvalue weighted by atomic mass is 32.2. The van der Waals surface area contributed by atoms with Gasteiger partial charge in [-0.3, -0.25) is 9.59 Å². The van der Waals surface area contributed by atoms with Crippen LogP contribution < -0.4 is 10.6 Å². The summed E-state index contributed by atoms with van der Waals surface area (Å²) in [6, 6.07) is 0.117. The second-order valence-electron chi connectivity index (χ2n) is 7.96. The Kier molecular flexibility index (Phi) is 6.55. The van der Waals surface area contributed by atoms with Crippen LogP contribution in [0.3, 0.4) is 0 Å². The summed E-state index contributed by atoms with van der Waals surface area (Å²) in [7, 11) is -3.09. The van der Waals surface area contributed by atoms with Crippen LogP contribution in [0.25, 0.3) is 0 Å². The van der Waals surface area contributed by atoms with Gasteiger partial charge in [0.05, 0.1) is 5.25 Å². The third-order valence-corrected chi connectivity index (χ3v) is 8.23. The number of nitrogens with one attached hydrogen (secondary N) is 2. The molecule has 3 aliphatic rings. The minimum atomic E-state index is -3.09. The fourth-order valence-electron chi connectivity index (χ4n) is 3.94. The summed E-state index contributed by atoms with van der Waals surface area (Å²) in [5, 5.41) is 5.42. The van der Waals surface area contributed by atoms with Gasteiger partial charge in [-0.1, -0.05) is 25.7 Å². The van der Waals surface area contributed by atoms with Crippen LogP contribution in [0, 0.1) is 5.92 Å². The van der Waals surface area contributed by atoms with E-state index in [2.05, 4.69) is 10.6 Å². The number of amides is 2. The van der Waals surface area contributed by atoms with Crippen LogP contribution in [0.5, 0.6) is 0 Å². The van der Waals surface area contributed by atoms with Gasteiger partial charge in [0.15, 0.2) is 0 Å². The quantitative estimate of drug-likeness (QED) is 0.548. The number of rotatable bonds is 5. The van der Waals surface area contributed by atoms with Crippen molar-refractivity contribution in [2.45, 2.75) is 75.5 Å². The Balaban J connectivity index is 1.36. The average molecular weight is 386 g/mol. The van der Waals surface area contributed by atoms with E-state index in [0.717, 1.165) is 51.4 Å². The highest BCUT2D eigenvalue weighted by Crippen LogP contribution is 2.33. The molecule has 0 aromatic heterocycles. The fraction of sp³-hybridized carbons (Fsp3) is 0.889. The molecule has 0 aromatic rings. The van der Waals surface area contributed by atoms with Crippen molar-refractivity contribution in [2.24, 2.45) is 5.92 Å². The molecule has 0 spiro atoms. The van der Waals surface area contributed by atoms with Crippen molar-refractivity contribution in [1.29, 1.82) is 0 Å². The maximum Gasteiger partial charge on any atom is 0.309 e. The summed E-state index contributed by atoms with van der Waals surface area (Å²) in [5.74, 6) is -0.872. The van der Waals surface area contributed by atoms with Gasteiger partial charge < -0.3 is 10.6 Å². The summed E-state index contributed by atoms with van der Waals surface area (Å²) in [4.78, 5) is 24.1. The van der Waals surface area contributed by atoms with Crippen LogP contribution in [0.4, 0.5) is 0 Å². The molecule has 3 rings (SSSR count). The topological polar surface area (TPSA) is 95.6 Å². The van der Waals surface area contributed by atoms with Crippen molar-refractivity contribution in [2.75, 3.05) is 19.6 Å². The highest BCUT2D eigenvalue weighted by molar-refractivity contribution is 7.90. The van der Waals surface area contributed by atoms with Crippen LogP contribution in [-0.2, 0) is 19.6 Å². The van der Waals surface area contributed by atoms with Gasteiger partial charge in [0.1, 0.15) is 0 Å². The molecule has 2 aliphatic carbocycles. The molecular formula is C18H31N3O4S. The molecule has 148 valence electrons. The number of carbonyl (C=O) groups is 2. The standard InChI is InChI=1S/C18H31N3O4S/c22-17(18(23)20-15-5-3-1-2-4-6-15)19-13-14-9-11-21(12-10-14)26(24,25)16-7-8-16/h14-16H,1-13H2,(H,19,22)(H,20,23). The summed E-state index contributed by atoms with van der Waals surface area (Å²) in [6.07, 6.45) is 9.56. The van der Waals surface area contributed by atoms with E-state index in [0.29, 0.717) is 19.6 Å². The van der Waals surface area contributed by atoms with Crippen molar-refractivity contribution >= 4 is 21.8 Å². The molecule has 0 radical (unpaired) electrons. The molecule has 3 fully saturated rings. The Bertz CT molecular complexity index is 602. The number of piperidine rings is 1. The lowest BCUT2D eigenvalue weighted by Crippen LogP contribution is -2.47. The average Bonchev–Trinajstić information content (AvgIpc) is 3.48. The smallest absolute Gasteiger partial charge is 0.309 e. The van der Waals surface area contributed by atoms with Gasteiger partial charge in [0.25, 0.3) is 0 Å². The minimum absolute atomic E-state index is 0.117. The molecule has 0 aromatic carbocycles. The first kappa shape index (κ1) is 19.6. The van der Waals surface area contributed by atoms with Crippen LogP contribution in [-0.4, -0.2) is 55.5 Å². The normalized spacial score (nSPS) is 24.0. The highest BCUT2D eigenvalue weighted by Gasteiger charge is 2.41. The molecule has 0 bridgehead atoms. The fourth-order valence-corrected chi connectivity index (χ4v) is 5.81. The Labute approximate surface area is 156 Å². The zero-order valence-electron chi connectivity index (χ0n) is 15.4. The predicted molar refractivity (Wildman–Crippen MR) is 98.9 cm³/mol. The molecule has 2 amide bonds. The van der Waals surface area contributed by atoms with Crippen LogP contribution >= 0.6 is 0 Å².